The van der Waals surface area contributed by atoms with Gasteiger partial charge in [-0.2, -0.15) is 0 Å². The molecule has 0 unspecified atom stereocenters. The lowest BCUT2D eigenvalue weighted by Gasteiger charge is -2.33. The van der Waals surface area contributed by atoms with Gasteiger partial charge in [0, 0.05) is 6.04 Å². The minimum atomic E-state index is -4.26. The van der Waals surface area contributed by atoms with Crippen molar-refractivity contribution in [3.8, 4) is 0 Å². The molecule has 1 fully saturated rings. The second kappa shape index (κ2) is 11.0. The van der Waals surface area contributed by atoms with Crippen molar-refractivity contribution >= 4 is 27.7 Å². The lowest BCUT2D eigenvalue weighted by atomic mass is 9.94. The molecule has 1 N–H and O–H groups in total. The van der Waals surface area contributed by atoms with Crippen molar-refractivity contribution in [2.45, 2.75) is 55.6 Å². The van der Waals surface area contributed by atoms with Crippen molar-refractivity contribution in [2.75, 3.05) is 6.54 Å². The van der Waals surface area contributed by atoms with E-state index in [1.165, 1.54) is 53.6 Å². The number of nitrogens with one attached hydrogen (secondary N) is 1. The molecule has 5 rings (SSSR count). The molecule has 9 nitrogen and oxygen atoms in total. The van der Waals surface area contributed by atoms with E-state index in [2.05, 4.69) is 5.32 Å². The molecule has 0 radical (unpaired) electrons. The van der Waals surface area contributed by atoms with Crippen molar-refractivity contribution < 1.29 is 31.6 Å². The van der Waals surface area contributed by atoms with E-state index in [1.807, 2.05) is 0 Å². The van der Waals surface area contributed by atoms with Gasteiger partial charge in [0.15, 0.2) is 0 Å². The van der Waals surface area contributed by atoms with E-state index >= 15 is 0 Å². The summed E-state index contributed by atoms with van der Waals surface area (Å²) in [5.41, 5.74) is 0.316. The highest BCUT2D eigenvalue weighted by atomic mass is 32.2. The van der Waals surface area contributed by atoms with Gasteiger partial charge in [0.1, 0.15) is 29.1 Å². The maximum Gasteiger partial charge on any atom is 0.269 e. The fraction of sp³-hybridized carbons (Fsp3) is 0.321. The average molecular weight is 554 g/mol. The number of sulfonamides is 1. The van der Waals surface area contributed by atoms with Crippen LogP contribution < -0.4 is 5.32 Å². The van der Waals surface area contributed by atoms with Gasteiger partial charge in [0.25, 0.3) is 15.9 Å². The van der Waals surface area contributed by atoms with Crippen LogP contribution in [0.15, 0.2) is 76.2 Å². The molecule has 204 valence electrons. The van der Waals surface area contributed by atoms with E-state index in [0.717, 1.165) is 32.1 Å². The Bertz CT molecular complexity index is 1470. The first kappa shape index (κ1) is 26.6. The number of furan rings is 1. The Morgan fingerprint density at radius 2 is 1.74 bits per heavy atom. The standard InChI is InChI=1S/C28H28FN3O6S/c29-20-14-12-19(13-15-20)26(27(34)30-21-7-2-1-3-8-21)31(17-22-9-6-16-38-22)25(33)18-32-28(35)23-10-4-5-11-24(23)39(32,36)37/h4-6,9-16,21,26H,1-3,7-8,17-18H2,(H,30,34)/t26-/m0/s1. The Balaban J connectivity index is 1.50. The Morgan fingerprint density at radius 1 is 1.03 bits per heavy atom. The first-order valence-corrected chi connectivity index (χ1v) is 14.2. The second-order valence-corrected chi connectivity index (χ2v) is 11.5. The molecule has 1 aliphatic carbocycles. The van der Waals surface area contributed by atoms with Crippen LogP contribution in [0, 0.1) is 5.82 Å². The molecule has 1 saturated carbocycles. The molecule has 1 atom stereocenters. The van der Waals surface area contributed by atoms with Crippen molar-refractivity contribution in [3.63, 3.8) is 0 Å². The normalized spacial score (nSPS) is 17.5. The number of hydrogen-bond acceptors (Lipinski definition) is 6. The molecular formula is C28H28FN3O6S. The molecule has 2 aromatic carbocycles. The summed E-state index contributed by atoms with van der Waals surface area (Å²) >= 11 is 0. The lowest BCUT2D eigenvalue weighted by molar-refractivity contribution is -0.142. The summed E-state index contributed by atoms with van der Waals surface area (Å²) in [6.07, 6.45) is 6.03. The highest BCUT2D eigenvalue weighted by molar-refractivity contribution is 7.90. The summed E-state index contributed by atoms with van der Waals surface area (Å²) < 4.78 is 46.1. The third-order valence-electron chi connectivity index (χ3n) is 7.11. The van der Waals surface area contributed by atoms with E-state index in [0.29, 0.717) is 15.6 Å². The minimum absolute atomic E-state index is 0.0204. The largest absolute Gasteiger partial charge is 0.467 e. The number of halogens is 1. The van der Waals surface area contributed by atoms with Crippen LogP contribution in [0.2, 0.25) is 0 Å². The Kier molecular flexibility index (Phi) is 7.51. The molecule has 3 aromatic rings. The number of carbonyl (C=O) groups excluding carboxylic acids is 3. The third kappa shape index (κ3) is 5.44. The lowest BCUT2D eigenvalue weighted by Crippen LogP contribution is -2.49. The summed E-state index contributed by atoms with van der Waals surface area (Å²) in [4.78, 5) is 41.6. The molecule has 2 aliphatic rings. The van der Waals surface area contributed by atoms with E-state index in [1.54, 1.807) is 18.2 Å². The predicted molar refractivity (Wildman–Crippen MR) is 138 cm³/mol. The summed E-state index contributed by atoms with van der Waals surface area (Å²) in [5.74, 6) is -2.25. The van der Waals surface area contributed by atoms with Gasteiger partial charge in [-0.25, -0.2) is 17.1 Å². The van der Waals surface area contributed by atoms with Crippen LogP contribution >= 0.6 is 0 Å². The van der Waals surface area contributed by atoms with Crippen LogP contribution in [0.3, 0.4) is 0 Å². The van der Waals surface area contributed by atoms with Crippen molar-refractivity contribution in [2.24, 2.45) is 0 Å². The molecule has 1 aromatic heterocycles. The molecule has 11 heteroatoms. The third-order valence-corrected chi connectivity index (χ3v) is 8.90. The van der Waals surface area contributed by atoms with Crippen LogP contribution in [0.4, 0.5) is 4.39 Å². The average Bonchev–Trinajstić information content (AvgIpc) is 3.51. The van der Waals surface area contributed by atoms with Crippen molar-refractivity contribution in [1.29, 1.82) is 0 Å². The zero-order chi connectivity index (χ0) is 27.6. The summed E-state index contributed by atoms with van der Waals surface area (Å²) in [6.45, 7) is -0.994. The Hall–Kier alpha value is -3.99. The van der Waals surface area contributed by atoms with Crippen LogP contribution in [0.25, 0.3) is 0 Å². The first-order valence-electron chi connectivity index (χ1n) is 12.8. The zero-order valence-electron chi connectivity index (χ0n) is 21.1. The molecule has 39 heavy (non-hydrogen) atoms. The topological polar surface area (TPSA) is 117 Å². The predicted octanol–water partition coefficient (Wildman–Crippen LogP) is 3.78. The van der Waals surface area contributed by atoms with Gasteiger partial charge in [-0.1, -0.05) is 43.5 Å². The van der Waals surface area contributed by atoms with Gasteiger partial charge in [0.05, 0.1) is 18.4 Å². The number of nitrogens with zero attached hydrogens (tertiary/aromatic N) is 2. The molecule has 2 heterocycles. The Labute approximate surface area is 225 Å². The SMILES string of the molecule is O=C(NC1CCCCC1)[C@H](c1ccc(F)cc1)N(Cc1ccco1)C(=O)CN1C(=O)c2ccccc2S1(=O)=O. The maximum absolute atomic E-state index is 13.9. The fourth-order valence-corrected chi connectivity index (χ4v) is 6.66. The maximum atomic E-state index is 13.9. The molecule has 1 aliphatic heterocycles. The van der Waals surface area contributed by atoms with E-state index in [-0.39, 0.29) is 23.0 Å². The van der Waals surface area contributed by atoms with E-state index < -0.39 is 46.1 Å². The number of hydrogen-bond donors (Lipinski definition) is 1. The fourth-order valence-electron chi connectivity index (χ4n) is 5.14. The van der Waals surface area contributed by atoms with Crippen molar-refractivity contribution in [3.05, 3.63) is 89.6 Å². The quantitative estimate of drug-likeness (QED) is 0.454. The first-order chi connectivity index (χ1) is 18.8. The molecular weight excluding hydrogens is 525 g/mol. The number of amides is 3. The minimum Gasteiger partial charge on any atom is -0.467 e. The summed E-state index contributed by atoms with van der Waals surface area (Å²) in [6, 6.07) is 12.9. The van der Waals surface area contributed by atoms with Crippen LogP contribution in [0.5, 0.6) is 0 Å². The molecule has 0 bridgehead atoms. The second-order valence-electron chi connectivity index (χ2n) is 9.71. The van der Waals surface area contributed by atoms with Crippen molar-refractivity contribution in [1.82, 2.24) is 14.5 Å². The number of fused-ring (bicyclic) bond motifs is 1. The zero-order valence-corrected chi connectivity index (χ0v) is 21.9. The van der Waals surface area contributed by atoms with E-state index in [4.69, 9.17) is 4.42 Å². The van der Waals surface area contributed by atoms with Gasteiger partial charge in [-0.05, 0) is 54.8 Å². The smallest absolute Gasteiger partial charge is 0.269 e. The number of carbonyl (C=O) groups is 3. The highest BCUT2D eigenvalue weighted by Gasteiger charge is 2.44. The van der Waals surface area contributed by atoms with Crippen LogP contribution in [-0.4, -0.2) is 47.9 Å². The number of rotatable bonds is 8. The molecule has 0 spiro atoms. The van der Waals surface area contributed by atoms with E-state index in [9.17, 15) is 27.2 Å². The van der Waals surface area contributed by atoms with Gasteiger partial charge in [0.2, 0.25) is 11.8 Å². The summed E-state index contributed by atoms with van der Waals surface area (Å²) in [5, 5.41) is 3.02. The Morgan fingerprint density at radius 3 is 2.41 bits per heavy atom. The van der Waals surface area contributed by atoms with Crippen LogP contribution in [-0.2, 0) is 26.2 Å². The monoisotopic (exact) mass is 553 g/mol. The highest BCUT2D eigenvalue weighted by Crippen LogP contribution is 2.31. The van der Waals surface area contributed by atoms with Gasteiger partial charge >= 0.3 is 0 Å². The van der Waals surface area contributed by atoms with Crippen LogP contribution in [0.1, 0.15) is 59.8 Å². The van der Waals surface area contributed by atoms with Gasteiger partial charge in [-0.15, -0.1) is 0 Å². The molecule has 3 amide bonds. The number of benzene rings is 2. The molecule has 0 saturated heterocycles. The van der Waals surface area contributed by atoms with Gasteiger partial charge in [-0.3, -0.25) is 14.4 Å². The summed E-state index contributed by atoms with van der Waals surface area (Å²) in [7, 11) is -4.26. The van der Waals surface area contributed by atoms with Gasteiger partial charge < -0.3 is 14.6 Å².